The van der Waals surface area contributed by atoms with Gasteiger partial charge in [-0.15, -0.1) is 13.2 Å². The minimum atomic E-state index is -5.72. The molecular weight excluding hydrogens is 548 g/mol. The SMILES string of the molecule is COCN(C(=O)c1c(F)cccc1F)C(=O)N(COC)c1ccc(C(F)(F)C(F)OC(F)(F)F)c(Cl)c1. The molecule has 0 saturated carbocycles. The van der Waals surface area contributed by atoms with E-state index in [-0.39, 0.29) is 10.6 Å². The second kappa shape index (κ2) is 12.0. The number of hydrogen-bond acceptors (Lipinski definition) is 5. The van der Waals surface area contributed by atoms with Gasteiger partial charge in [0, 0.05) is 25.5 Å². The lowest BCUT2D eigenvalue weighted by molar-refractivity contribution is -0.389. The van der Waals surface area contributed by atoms with E-state index in [0.29, 0.717) is 17.0 Å². The first-order valence-corrected chi connectivity index (χ1v) is 10.1. The molecule has 0 bridgehead atoms. The van der Waals surface area contributed by atoms with Crippen LogP contribution in [0.5, 0.6) is 0 Å². The standard InChI is InChI=1S/C21H17ClF8N2O5/c1-35-9-31(19(34)32(10-36-2)17(33)16-14(23)4-3-5-15(16)24)11-6-7-12(13(22)8-11)20(26,27)18(25)37-21(28,29)30/h3-8,18H,9-10H2,1-2H3. The van der Waals surface area contributed by atoms with Crippen LogP contribution in [0.2, 0.25) is 5.02 Å². The average molecular weight is 565 g/mol. The van der Waals surface area contributed by atoms with Gasteiger partial charge in [-0.25, -0.2) is 22.9 Å². The van der Waals surface area contributed by atoms with Crippen LogP contribution < -0.4 is 4.90 Å². The van der Waals surface area contributed by atoms with Crippen molar-refractivity contribution in [3.05, 3.63) is 64.2 Å². The van der Waals surface area contributed by atoms with Crippen molar-refractivity contribution in [3.8, 4) is 0 Å². The van der Waals surface area contributed by atoms with Crippen LogP contribution in [0.15, 0.2) is 36.4 Å². The minimum Gasteiger partial charge on any atom is -0.364 e. The Bertz CT molecular complexity index is 1110. The van der Waals surface area contributed by atoms with Gasteiger partial charge in [0.2, 0.25) is 0 Å². The third kappa shape index (κ3) is 7.06. The van der Waals surface area contributed by atoms with Gasteiger partial charge in [-0.1, -0.05) is 17.7 Å². The number of methoxy groups -OCH3 is 2. The highest BCUT2D eigenvalue weighted by molar-refractivity contribution is 6.31. The Morgan fingerprint density at radius 2 is 1.54 bits per heavy atom. The zero-order valence-electron chi connectivity index (χ0n) is 18.8. The molecular formula is C21H17ClF8N2O5. The molecule has 0 aliphatic rings. The molecule has 2 aromatic carbocycles. The molecule has 7 nitrogen and oxygen atoms in total. The minimum absolute atomic E-state index is 0.256. The summed E-state index contributed by atoms with van der Waals surface area (Å²) in [4.78, 5) is 26.8. The van der Waals surface area contributed by atoms with Crippen LogP contribution in [0.4, 0.5) is 45.6 Å². The number of alkyl halides is 6. The normalized spacial score (nSPS) is 12.8. The molecule has 37 heavy (non-hydrogen) atoms. The monoisotopic (exact) mass is 564 g/mol. The van der Waals surface area contributed by atoms with Gasteiger partial charge in [-0.05, 0) is 30.3 Å². The molecule has 0 spiro atoms. The third-order valence-electron chi connectivity index (χ3n) is 4.55. The summed E-state index contributed by atoms with van der Waals surface area (Å²) in [6.45, 7) is -1.51. The topological polar surface area (TPSA) is 68.3 Å². The Morgan fingerprint density at radius 1 is 0.973 bits per heavy atom. The van der Waals surface area contributed by atoms with Crippen LogP contribution in [0.1, 0.15) is 15.9 Å². The molecule has 0 heterocycles. The van der Waals surface area contributed by atoms with Gasteiger partial charge in [0.1, 0.15) is 30.7 Å². The van der Waals surface area contributed by atoms with Gasteiger partial charge >= 0.3 is 18.3 Å². The van der Waals surface area contributed by atoms with Crippen molar-refractivity contribution < 1.29 is 58.9 Å². The van der Waals surface area contributed by atoms with E-state index in [1.165, 1.54) is 0 Å². The van der Waals surface area contributed by atoms with Crippen molar-refractivity contribution in [2.75, 3.05) is 32.6 Å². The third-order valence-corrected chi connectivity index (χ3v) is 4.86. The van der Waals surface area contributed by atoms with Crippen molar-refractivity contribution in [3.63, 3.8) is 0 Å². The summed E-state index contributed by atoms with van der Waals surface area (Å²) in [5.74, 6) is -8.94. The van der Waals surface area contributed by atoms with Gasteiger partial charge in [-0.3, -0.25) is 14.4 Å². The summed E-state index contributed by atoms with van der Waals surface area (Å²) in [5.41, 5.74) is -2.89. The number of urea groups is 1. The summed E-state index contributed by atoms with van der Waals surface area (Å²) in [6.07, 6.45) is -9.87. The maximum atomic E-state index is 14.2. The van der Waals surface area contributed by atoms with E-state index in [1.807, 2.05) is 0 Å². The highest BCUT2D eigenvalue weighted by Crippen LogP contribution is 2.41. The second-order valence-electron chi connectivity index (χ2n) is 7.04. The molecule has 0 aromatic heterocycles. The highest BCUT2D eigenvalue weighted by Gasteiger charge is 2.50. The predicted molar refractivity (Wildman–Crippen MR) is 112 cm³/mol. The quantitative estimate of drug-likeness (QED) is 0.284. The lowest BCUT2D eigenvalue weighted by atomic mass is 10.1. The van der Waals surface area contributed by atoms with Crippen LogP contribution in [-0.2, 0) is 20.1 Å². The van der Waals surface area contributed by atoms with Crippen molar-refractivity contribution in [2.24, 2.45) is 0 Å². The Hall–Kier alpha value is -3.01. The van der Waals surface area contributed by atoms with Gasteiger partial charge < -0.3 is 9.47 Å². The molecule has 1 atom stereocenters. The van der Waals surface area contributed by atoms with Crippen LogP contribution in [0.25, 0.3) is 0 Å². The molecule has 3 amide bonds. The Morgan fingerprint density at radius 3 is 2.03 bits per heavy atom. The number of nitrogens with zero attached hydrogens (tertiary/aromatic N) is 2. The molecule has 1 unspecified atom stereocenters. The fourth-order valence-corrected chi connectivity index (χ4v) is 3.24. The zero-order chi connectivity index (χ0) is 28.1. The van der Waals surface area contributed by atoms with Gasteiger partial charge in [0.15, 0.2) is 0 Å². The number of carbonyl (C=O) groups excluding carboxylic acids is 2. The molecule has 0 saturated heterocycles. The predicted octanol–water partition coefficient (Wildman–Crippen LogP) is 5.82. The molecule has 0 radical (unpaired) electrons. The second-order valence-corrected chi connectivity index (χ2v) is 7.45. The Kier molecular flexibility index (Phi) is 9.82. The number of ether oxygens (including phenoxy) is 3. The largest absolute Gasteiger partial charge is 0.525 e. The van der Waals surface area contributed by atoms with Crippen LogP contribution in [-0.4, -0.2) is 57.2 Å². The van der Waals surface area contributed by atoms with Gasteiger partial charge in [-0.2, -0.15) is 8.78 Å². The van der Waals surface area contributed by atoms with Gasteiger partial charge in [0.05, 0.1) is 5.02 Å². The fourth-order valence-electron chi connectivity index (χ4n) is 2.94. The van der Waals surface area contributed by atoms with E-state index >= 15 is 0 Å². The van der Waals surface area contributed by atoms with Crippen molar-refractivity contribution >= 4 is 29.2 Å². The van der Waals surface area contributed by atoms with Crippen molar-refractivity contribution in [1.82, 2.24) is 4.90 Å². The zero-order valence-corrected chi connectivity index (χ0v) is 19.5. The first-order valence-electron chi connectivity index (χ1n) is 9.77. The van der Waals surface area contributed by atoms with E-state index in [1.54, 1.807) is 0 Å². The highest BCUT2D eigenvalue weighted by atomic mass is 35.5. The van der Waals surface area contributed by atoms with E-state index in [9.17, 15) is 44.7 Å². The van der Waals surface area contributed by atoms with E-state index in [4.69, 9.17) is 21.1 Å². The summed E-state index contributed by atoms with van der Waals surface area (Å²) in [7, 11) is 2.14. The summed E-state index contributed by atoms with van der Waals surface area (Å²) >= 11 is 5.75. The van der Waals surface area contributed by atoms with Crippen LogP contribution in [0.3, 0.4) is 0 Å². The Balaban J connectivity index is 2.46. The smallest absolute Gasteiger partial charge is 0.364 e. The number of carbonyl (C=O) groups is 2. The van der Waals surface area contributed by atoms with Crippen LogP contribution in [0, 0.1) is 11.6 Å². The molecule has 0 aliphatic heterocycles. The summed E-state index contributed by atoms with van der Waals surface area (Å²) in [6, 6.07) is 2.96. The maximum Gasteiger partial charge on any atom is 0.525 e. The van der Waals surface area contributed by atoms with Crippen LogP contribution >= 0.6 is 11.6 Å². The molecule has 0 N–H and O–H groups in total. The first kappa shape index (κ1) is 30.2. The number of rotatable bonds is 9. The van der Waals surface area contributed by atoms with Crippen molar-refractivity contribution in [1.29, 1.82) is 0 Å². The summed E-state index contributed by atoms with van der Waals surface area (Å²) < 4.78 is 119. The average Bonchev–Trinajstić information content (AvgIpc) is 2.79. The molecule has 0 aliphatic carbocycles. The molecule has 0 fully saturated rings. The maximum absolute atomic E-state index is 14.2. The molecule has 2 aromatic rings. The molecule has 16 heteroatoms. The lowest BCUT2D eigenvalue weighted by Crippen LogP contribution is -2.48. The number of hydrogen-bond donors (Lipinski definition) is 0. The van der Waals surface area contributed by atoms with E-state index < -0.39 is 71.8 Å². The Labute approximate surface area is 209 Å². The van der Waals surface area contributed by atoms with Crippen molar-refractivity contribution in [2.45, 2.75) is 18.6 Å². The van der Waals surface area contributed by atoms with E-state index in [0.717, 1.165) is 38.5 Å². The number of halogens is 9. The number of imide groups is 1. The summed E-state index contributed by atoms with van der Waals surface area (Å²) in [5, 5.41) is -0.991. The lowest BCUT2D eigenvalue weighted by Gasteiger charge is -2.29. The molecule has 2 rings (SSSR count). The molecule has 204 valence electrons. The first-order chi connectivity index (χ1) is 17.2. The fraction of sp³-hybridized carbons (Fsp3) is 0.333. The van der Waals surface area contributed by atoms with Gasteiger partial charge in [0.25, 0.3) is 12.3 Å². The number of benzene rings is 2. The van der Waals surface area contributed by atoms with E-state index in [2.05, 4.69) is 4.74 Å². The number of anilines is 1. The number of amides is 3.